The summed E-state index contributed by atoms with van der Waals surface area (Å²) in [5.41, 5.74) is 0. The van der Waals surface area contributed by atoms with Crippen molar-refractivity contribution in [1.82, 2.24) is 9.21 Å². The van der Waals surface area contributed by atoms with Crippen molar-refractivity contribution in [3.8, 4) is 0 Å². The van der Waals surface area contributed by atoms with Gasteiger partial charge < -0.3 is 4.90 Å². The summed E-state index contributed by atoms with van der Waals surface area (Å²) < 4.78 is 40.4. The summed E-state index contributed by atoms with van der Waals surface area (Å²) in [6.07, 6.45) is 0. The molecule has 0 unspecified atom stereocenters. The highest BCUT2D eigenvalue weighted by atomic mass is 79.9. The third-order valence-electron chi connectivity index (χ3n) is 2.88. The second kappa shape index (κ2) is 7.67. The minimum absolute atomic E-state index is 0.100. The first-order chi connectivity index (χ1) is 9.64. The zero-order chi connectivity index (χ0) is 16.2. The predicted molar refractivity (Wildman–Crippen MR) is 86.3 cm³/mol. The lowest BCUT2D eigenvalue weighted by Gasteiger charge is -2.25. The zero-order valence-electron chi connectivity index (χ0n) is 12.8. The third kappa shape index (κ3) is 5.32. The molecule has 0 aliphatic carbocycles. The van der Waals surface area contributed by atoms with Crippen LogP contribution in [-0.4, -0.2) is 51.4 Å². The Balaban J connectivity index is 3.13. The highest BCUT2D eigenvalue weighted by molar-refractivity contribution is 9.10. The third-order valence-corrected chi connectivity index (χ3v) is 5.72. The van der Waals surface area contributed by atoms with Crippen LogP contribution in [-0.2, 0) is 10.0 Å². The van der Waals surface area contributed by atoms with Crippen LogP contribution >= 0.6 is 15.9 Å². The van der Waals surface area contributed by atoms with Crippen LogP contribution in [0.15, 0.2) is 27.6 Å². The number of sulfonamides is 1. The Morgan fingerprint density at radius 1 is 1.24 bits per heavy atom. The Hall–Kier alpha value is -0.500. The molecule has 0 saturated carbocycles. The van der Waals surface area contributed by atoms with Crippen molar-refractivity contribution >= 4 is 26.0 Å². The molecule has 0 heterocycles. The van der Waals surface area contributed by atoms with E-state index in [1.807, 2.05) is 32.8 Å². The molecule has 4 nitrogen and oxygen atoms in total. The molecule has 0 amide bonds. The highest BCUT2D eigenvalue weighted by Crippen LogP contribution is 2.26. The number of rotatable bonds is 7. The maximum atomic E-state index is 13.2. The first kappa shape index (κ1) is 18.5. The van der Waals surface area contributed by atoms with E-state index in [2.05, 4.69) is 15.9 Å². The maximum absolute atomic E-state index is 13.2. The molecule has 1 rings (SSSR count). The molecule has 0 spiro atoms. The Kier molecular flexibility index (Phi) is 6.77. The minimum atomic E-state index is -3.65. The van der Waals surface area contributed by atoms with Crippen LogP contribution in [0.25, 0.3) is 0 Å². The van der Waals surface area contributed by atoms with Crippen LogP contribution in [0, 0.1) is 11.7 Å². The molecule has 0 radical (unpaired) electrons. The van der Waals surface area contributed by atoms with Crippen molar-refractivity contribution in [3.05, 3.63) is 28.5 Å². The van der Waals surface area contributed by atoms with Crippen molar-refractivity contribution < 1.29 is 12.8 Å². The van der Waals surface area contributed by atoms with E-state index in [9.17, 15) is 12.8 Å². The molecule has 0 saturated heterocycles. The molecule has 0 aliphatic rings. The van der Waals surface area contributed by atoms with Gasteiger partial charge in [-0.05, 0) is 54.1 Å². The lowest BCUT2D eigenvalue weighted by atomic mass is 10.2. The fourth-order valence-corrected chi connectivity index (χ4v) is 4.46. The van der Waals surface area contributed by atoms with Gasteiger partial charge in [-0.3, -0.25) is 0 Å². The van der Waals surface area contributed by atoms with Crippen LogP contribution in [0.2, 0.25) is 0 Å². The summed E-state index contributed by atoms with van der Waals surface area (Å²) in [5.74, 6) is -0.259. The van der Waals surface area contributed by atoms with Gasteiger partial charge in [-0.1, -0.05) is 13.8 Å². The van der Waals surface area contributed by atoms with Crippen molar-refractivity contribution in [3.63, 3.8) is 0 Å². The quantitative estimate of drug-likeness (QED) is 0.729. The molecule has 0 aromatic heterocycles. The van der Waals surface area contributed by atoms with E-state index in [0.717, 1.165) is 6.07 Å². The standard InChI is InChI=1S/C14H22BrFN2O2S/c1-11(2)10-18(8-7-17(3)4)21(19,20)14-6-5-12(16)9-13(14)15/h5-6,9,11H,7-8,10H2,1-4H3. The van der Waals surface area contributed by atoms with Crippen LogP contribution in [0.3, 0.4) is 0 Å². The van der Waals surface area contributed by atoms with Crippen LogP contribution in [0.4, 0.5) is 4.39 Å². The van der Waals surface area contributed by atoms with Gasteiger partial charge in [0.25, 0.3) is 0 Å². The van der Waals surface area contributed by atoms with Crippen LogP contribution in [0.5, 0.6) is 0 Å². The highest BCUT2D eigenvalue weighted by Gasteiger charge is 2.27. The summed E-state index contributed by atoms with van der Waals surface area (Å²) in [4.78, 5) is 2.03. The molecule has 7 heteroatoms. The summed E-state index contributed by atoms with van der Waals surface area (Å²) in [6, 6.07) is 3.64. The molecular formula is C14H22BrFN2O2S. The van der Waals surface area contributed by atoms with E-state index >= 15 is 0 Å². The fourth-order valence-electron chi connectivity index (χ4n) is 1.85. The molecule has 21 heavy (non-hydrogen) atoms. The summed E-state index contributed by atoms with van der Waals surface area (Å²) in [6.45, 7) is 5.40. The van der Waals surface area contributed by atoms with E-state index in [1.54, 1.807) is 0 Å². The lowest BCUT2D eigenvalue weighted by Crippen LogP contribution is -2.39. The first-order valence-corrected chi connectivity index (χ1v) is 8.98. The van der Waals surface area contributed by atoms with E-state index in [0.29, 0.717) is 19.6 Å². The number of benzene rings is 1. The normalized spacial score (nSPS) is 12.6. The topological polar surface area (TPSA) is 40.6 Å². The van der Waals surface area contributed by atoms with Gasteiger partial charge in [-0.25, -0.2) is 12.8 Å². The van der Waals surface area contributed by atoms with E-state index in [-0.39, 0.29) is 15.3 Å². The summed E-state index contributed by atoms with van der Waals surface area (Å²) >= 11 is 3.14. The smallest absolute Gasteiger partial charge is 0.244 e. The second-order valence-electron chi connectivity index (χ2n) is 5.63. The molecule has 0 atom stereocenters. The van der Waals surface area contributed by atoms with Crippen molar-refractivity contribution in [2.45, 2.75) is 18.7 Å². The Morgan fingerprint density at radius 3 is 2.33 bits per heavy atom. The van der Waals surface area contributed by atoms with Gasteiger partial charge in [-0.2, -0.15) is 4.31 Å². The number of halogens is 2. The van der Waals surface area contributed by atoms with Crippen LogP contribution < -0.4 is 0 Å². The van der Waals surface area contributed by atoms with Crippen LogP contribution in [0.1, 0.15) is 13.8 Å². The SMILES string of the molecule is CC(C)CN(CCN(C)C)S(=O)(=O)c1ccc(F)cc1Br. The molecule has 0 aliphatic heterocycles. The first-order valence-electron chi connectivity index (χ1n) is 6.74. The summed E-state index contributed by atoms with van der Waals surface area (Å²) in [5, 5.41) is 0. The summed E-state index contributed by atoms with van der Waals surface area (Å²) in [7, 11) is 0.148. The van der Waals surface area contributed by atoms with Gasteiger partial charge in [-0.15, -0.1) is 0 Å². The Labute approximate surface area is 135 Å². The lowest BCUT2D eigenvalue weighted by molar-refractivity contribution is 0.312. The van der Waals surface area contributed by atoms with Gasteiger partial charge in [0.1, 0.15) is 5.82 Å². The fraction of sp³-hybridized carbons (Fsp3) is 0.571. The van der Waals surface area contributed by atoms with Crippen molar-refractivity contribution in [1.29, 1.82) is 0 Å². The monoisotopic (exact) mass is 380 g/mol. The van der Waals surface area contributed by atoms with Gasteiger partial charge in [0.15, 0.2) is 0 Å². The second-order valence-corrected chi connectivity index (χ2v) is 8.40. The Bertz CT molecular complexity index is 576. The van der Waals surface area contributed by atoms with Gasteiger partial charge in [0.2, 0.25) is 10.0 Å². The largest absolute Gasteiger partial charge is 0.308 e. The maximum Gasteiger partial charge on any atom is 0.244 e. The van der Waals surface area contributed by atoms with Gasteiger partial charge in [0, 0.05) is 24.1 Å². The molecular weight excluding hydrogens is 359 g/mol. The predicted octanol–water partition coefficient (Wildman–Crippen LogP) is 2.80. The minimum Gasteiger partial charge on any atom is -0.308 e. The van der Waals surface area contributed by atoms with Gasteiger partial charge in [0.05, 0.1) is 4.90 Å². The number of hydrogen-bond donors (Lipinski definition) is 0. The van der Waals surface area contributed by atoms with Gasteiger partial charge >= 0.3 is 0 Å². The van der Waals surface area contributed by atoms with E-state index in [4.69, 9.17) is 0 Å². The average Bonchev–Trinajstić information content (AvgIpc) is 2.33. The zero-order valence-corrected chi connectivity index (χ0v) is 15.2. The van der Waals surface area contributed by atoms with Crippen molar-refractivity contribution in [2.75, 3.05) is 33.7 Å². The molecule has 1 aromatic rings. The number of hydrogen-bond acceptors (Lipinski definition) is 3. The molecule has 1 aromatic carbocycles. The number of likely N-dealkylation sites (N-methyl/N-ethyl adjacent to an activating group) is 1. The molecule has 0 fully saturated rings. The van der Waals surface area contributed by atoms with E-state index in [1.165, 1.54) is 16.4 Å². The Morgan fingerprint density at radius 2 is 1.86 bits per heavy atom. The average molecular weight is 381 g/mol. The molecule has 120 valence electrons. The molecule has 0 bridgehead atoms. The van der Waals surface area contributed by atoms with Crippen molar-refractivity contribution in [2.24, 2.45) is 5.92 Å². The number of nitrogens with zero attached hydrogens (tertiary/aromatic N) is 2. The van der Waals surface area contributed by atoms with E-state index < -0.39 is 15.8 Å². The molecule has 0 N–H and O–H groups in total.